The largest absolute Gasteiger partial charge is 0.416 e. The van der Waals surface area contributed by atoms with Crippen molar-refractivity contribution >= 4 is 33.5 Å². The van der Waals surface area contributed by atoms with E-state index in [1.165, 1.54) is 19.1 Å². The maximum atomic E-state index is 12.6. The highest BCUT2D eigenvalue weighted by atomic mass is 32.2. The maximum absolute atomic E-state index is 12.6. The van der Waals surface area contributed by atoms with Gasteiger partial charge >= 0.3 is 6.18 Å². The minimum Gasteiger partial charge on any atom is -0.326 e. The number of rotatable bonds is 6. The Labute approximate surface area is 162 Å². The van der Waals surface area contributed by atoms with Crippen molar-refractivity contribution in [2.75, 3.05) is 5.32 Å². The number of alkyl halides is 3. The van der Waals surface area contributed by atoms with Crippen LogP contribution >= 0.6 is 0 Å². The maximum Gasteiger partial charge on any atom is 0.416 e. The van der Waals surface area contributed by atoms with E-state index in [9.17, 15) is 36.5 Å². The van der Waals surface area contributed by atoms with Crippen LogP contribution in [-0.2, 0) is 21.0 Å². The summed E-state index contributed by atoms with van der Waals surface area (Å²) in [5, 5.41) is 16.9. The van der Waals surface area contributed by atoms with Crippen LogP contribution in [0.4, 0.5) is 24.5 Å². The lowest BCUT2D eigenvalue weighted by molar-refractivity contribution is -0.385. The van der Waals surface area contributed by atoms with E-state index in [0.29, 0.717) is 12.1 Å². The van der Waals surface area contributed by atoms with E-state index >= 15 is 0 Å². The number of anilines is 1. The summed E-state index contributed by atoms with van der Waals surface area (Å²) in [5.74, 6) is -0.426. The summed E-state index contributed by atoms with van der Waals surface area (Å²) in [6, 6.07) is 6.27. The average Bonchev–Trinajstić information content (AvgIpc) is 2.60. The number of carbonyl (C=O) groups is 1. The second-order valence-electron chi connectivity index (χ2n) is 5.59. The Bertz CT molecular complexity index is 1070. The molecule has 0 aromatic heterocycles. The van der Waals surface area contributed by atoms with Gasteiger partial charge in [0, 0.05) is 18.7 Å². The zero-order valence-electron chi connectivity index (χ0n) is 14.6. The lowest BCUT2D eigenvalue weighted by Crippen LogP contribution is -2.18. The van der Waals surface area contributed by atoms with Crippen molar-refractivity contribution in [1.82, 2.24) is 4.83 Å². The van der Waals surface area contributed by atoms with Crippen molar-refractivity contribution in [2.45, 2.75) is 18.0 Å². The van der Waals surface area contributed by atoms with E-state index in [1.54, 1.807) is 4.83 Å². The SMILES string of the molecule is CC(=O)Nc1ccc([N+](=O)[O-])c(C=NNS(=O)(=O)c2ccc(C(F)(F)F)cc2)c1. The molecule has 0 bridgehead atoms. The van der Waals surface area contributed by atoms with Gasteiger partial charge in [0.05, 0.1) is 27.2 Å². The molecule has 0 spiro atoms. The van der Waals surface area contributed by atoms with Crippen LogP contribution < -0.4 is 10.1 Å². The number of nitrogens with zero attached hydrogens (tertiary/aromatic N) is 2. The van der Waals surface area contributed by atoms with Gasteiger partial charge in [-0.1, -0.05) is 0 Å². The van der Waals surface area contributed by atoms with Gasteiger partial charge in [-0.3, -0.25) is 14.9 Å². The van der Waals surface area contributed by atoms with E-state index < -0.39 is 43.2 Å². The first-order valence-corrected chi connectivity index (χ1v) is 9.16. The zero-order valence-corrected chi connectivity index (χ0v) is 15.4. The number of hydrogen-bond acceptors (Lipinski definition) is 6. The van der Waals surface area contributed by atoms with Gasteiger partial charge in [-0.2, -0.15) is 26.7 Å². The molecule has 29 heavy (non-hydrogen) atoms. The number of nitrogens with one attached hydrogen (secondary N) is 2. The molecular formula is C16H13F3N4O5S. The Hall–Kier alpha value is -3.48. The molecule has 2 aromatic rings. The fourth-order valence-electron chi connectivity index (χ4n) is 2.15. The first-order chi connectivity index (χ1) is 13.4. The van der Waals surface area contributed by atoms with Gasteiger partial charge in [0.1, 0.15) is 0 Å². The predicted octanol–water partition coefficient (Wildman–Crippen LogP) is 2.88. The highest BCUT2D eigenvalue weighted by molar-refractivity contribution is 7.89. The van der Waals surface area contributed by atoms with E-state index in [2.05, 4.69) is 10.4 Å². The lowest BCUT2D eigenvalue weighted by atomic mass is 10.1. The van der Waals surface area contributed by atoms with Crippen LogP contribution in [0.15, 0.2) is 52.5 Å². The first kappa shape index (κ1) is 21.8. The third kappa shape index (κ3) is 5.75. The van der Waals surface area contributed by atoms with Crippen molar-refractivity contribution in [3.8, 4) is 0 Å². The molecule has 0 atom stereocenters. The Kier molecular flexibility index (Phi) is 6.21. The highest BCUT2D eigenvalue weighted by Crippen LogP contribution is 2.29. The van der Waals surface area contributed by atoms with Crippen LogP contribution in [0.1, 0.15) is 18.1 Å². The summed E-state index contributed by atoms with van der Waals surface area (Å²) in [4.78, 5) is 22.7. The van der Waals surface area contributed by atoms with Gasteiger partial charge in [-0.15, -0.1) is 0 Å². The van der Waals surface area contributed by atoms with Gasteiger partial charge in [0.15, 0.2) is 0 Å². The minimum atomic E-state index is -4.62. The third-order valence-corrected chi connectivity index (χ3v) is 4.65. The summed E-state index contributed by atoms with van der Waals surface area (Å²) in [7, 11) is -4.31. The van der Waals surface area contributed by atoms with E-state index in [0.717, 1.165) is 24.4 Å². The van der Waals surface area contributed by atoms with Crippen LogP contribution in [0.3, 0.4) is 0 Å². The molecule has 0 radical (unpaired) electrons. The van der Waals surface area contributed by atoms with Crippen LogP contribution in [0, 0.1) is 10.1 Å². The number of nitro benzene ring substituents is 1. The second-order valence-corrected chi connectivity index (χ2v) is 7.25. The van der Waals surface area contributed by atoms with Gasteiger partial charge in [-0.05, 0) is 36.4 Å². The molecule has 0 aliphatic carbocycles. The molecule has 0 saturated carbocycles. The molecule has 0 saturated heterocycles. The van der Waals surface area contributed by atoms with Gasteiger partial charge in [0.25, 0.3) is 15.7 Å². The number of amides is 1. The lowest BCUT2D eigenvalue weighted by Gasteiger charge is -2.08. The standard InChI is InChI=1S/C16H13F3N4O5S/c1-10(24)21-13-4-7-15(23(25)26)11(8-13)9-20-22-29(27,28)14-5-2-12(3-6-14)16(17,18)19/h2-9,22H,1H3,(H,21,24). The number of hydrogen-bond donors (Lipinski definition) is 2. The molecule has 2 rings (SSSR count). The van der Waals surface area contributed by atoms with E-state index in [4.69, 9.17) is 0 Å². The third-order valence-electron chi connectivity index (χ3n) is 3.41. The molecule has 0 unspecified atom stereocenters. The fourth-order valence-corrected chi connectivity index (χ4v) is 2.94. The van der Waals surface area contributed by atoms with Crippen molar-refractivity contribution in [3.05, 3.63) is 63.7 Å². The van der Waals surface area contributed by atoms with Crippen LogP contribution in [-0.4, -0.2) is 25.5 Å². The number of hydrazone groups is 1. The molecule has 0 aliphatic heterocycles. The summed E-state index contributed by atoms with van der Waals surface area (Å²) < 4.78 is 61.9. The Morgan fingerprint density at radius 1 is 1.17 bits per heavy atom. The molecule has 1 amide bonds. The second kappa shape index (κ2) is 8.26. The van der Waals surface area contributed by atoms with Crippen LogP contribution in [0.25, 0.3) is 0 Å². The Balaban J connectivity index is 2.25. The topological polar surface area (TPSA) is 131 Å². The Morgan fingerprint density at radius 2 is 1.79 bits per heavy atom. The van der Waals surface area contributed by atoms with Gasteiger partial charge in [0.2, 0.25) is 5.91 Å². The molecule has 0 heterocycles. The fraction of sp³-hybridized carbons (Fsp3) is 0.125. The summed E-state index contributed by atoms with van der Waals surface area (Å²) in [6.45, 7) is 1.23. The number of carbonyl (C=O) groups excluding carboxylic acids is 1. The van der Waals surface area contributed by atoms with E-state index in [1.807, 2.05) is 0 Å². The first-order valence-electron chi connectivity index (χ1n) is 7.68. The monoisotopic (exact) mass is 430 g/mol. The van der Waals surface area contributed by atoms with Gasteiger partial charge < -0.3 is 5.32 Å². The number of halogens is 3. The van der Waals surface area contributed by atoms with Crippen molar-refractivity contribution in [3.63, 3.8) is 0 Å². The zero-order chi connectivity index (χ0) is 21.8. The van der Waals surface area contributed by atoms with Gasteiger partial charge in [-0.25, -0.2) is 4.83 Å². The molecule has 2 aromatic carbocycles. The molecule has 0 fully saturated rings. The Morgan fingerprint density at radius 3 is 2.31 bits per heavy atom. The van der Waals surface area contributed by atoms with Crippen LogP contribution in [0.2, 0.25) is 0 Å². The quantitative estimate of drug-likeness (QED) is 0.413. The molecule has 9 nitrogen and oxygen atoms in total. The molecular weight excluding hydrogens is 417 g/mol. The van der Waals surface area contributed by atoms with Crippen molar-refractivity contribution in [2.24, 2.45) is 5.10 Å². The summed E-state index contributed by atoms with van der Waals surface area (Å²) in [5.41, 5.74) is -1.33. The van der Waals surface area contributed by atoms with Crippen molar-refractivity contribution in [1.29, 1.82) is 0 Å². The average molecular weight is 430 g/mol. The number of sulfonamides is 1. The molecule has 0 aliphatic rings. The molecule has 2 N–H and O–H groups in total. The molecule has 154 valence electrons. The highest BCUT2D eigenvalue weighted by Gasteiger charge is 2.30. The van der Waals surface area contributed by atoms with E-state index in [-0.39, 0.29) is 11.3 Å². The van der Waals surface area contributed by atoms with Crippen LogP contribution in [0.5, 0.6) is 0 Å². The molecule has 13 heteroatoms. The summed E-state index contributed by atoms with van der Waals surface area (Å²) in [6.07, 6.45) is -3.78. The minimum absolute atomic E-state index is 0.114. The number of nitro groups is 1. The van der Waals surface area contributed by atoms with Crippen molar-refractivity contribution < 1.29 is 31.3 Å². The normalized spacial score (nSPS) is 12.0. The number of benzene rings is 2. The smallest absolute Gasteiger partial charge is 0.326 e. The predicted molar refractivity (Wildman–Crippen MR) is 96.8 cm³/mol. The summed E-state index contributed by atoms with van der Waals surface area (Å²) >= 11 is 0.